The third-order valence-electron chi connectivity index (χ3n) is 6.79. The third kappa shape index (κ3) is 3.46. The maximum atomic E-state index is 12.9. The molecule has 2 aliphatic heterocycles. The Morgan fingerprint density at radius 1 is 1.00 bits per heavy atom. The van der Waals surface area contributed by atoms with Gasteiger partial charge < -0.3 is 15.0 Å². The van der Waals surface area contributed by atoms with Crippen LogP contribution in [0.5, 0.6) is 0 Å². The molecule has 3 fully saturated rings. The van der Waals surface area contributed by atoms with Crippen LogP contribution >= 0.6 is 0 Å². The Kier molecular flexibility index (Phi) is 4.66. The summed E-state index contributed by atoms with van der Waals surface area (Å²) in [5.74, 6) is 0.543. The van der Waals surface area contributed by atoms with Crippen molar-refractivity contribution in [3.05, 3.63) is 42.2 Å². The molecule has 2 aromatic heterocycles. The molecule has 2 aromatic rings. The zero-order valence-corrected chi connectivity index (χ0v) is 16.5. The minimum absolute atomic E-state index is 0.0206. The zero-order valence-electron chi connectivity index (χ0n) is 16.5. The van der Waals surface area contributed by atoms with Crippen molar-refractivity contribution in [2.45, 2.75) is 44.1 Å². The van der Waals surface area contributed by atoms with Crippen LogP contribution in [0.1, 0.15) is 54.6 Å². The molecule has 2 saturated heterocycles. The highest BCUT2D eigenvalue weighted by Crippen LogP contribution is 2.42. The van der Waals surface area contributed by atoms with Gasteiger partial charge in [0.1, 0.15) is 0 Å². The number of likely N-dealkylation sites (tertiary alicyclic amines) is 1. The monoisotopic (exact) mass is 394 g/mol. The molecule has 0 atom stereocenters. The van der Waals surface area contributed by atoms with Crippen LogP contribution in [-0.2, 0) is 10.3 Å². The number of rotatable bonds is 4. The summed E-state index contributed by atoms with van der Waals surface area (Å²) in [4.78, 5) is 32.4. The van der Waals surface area contributed by atoms with Crippen LogP contribution in [0.15, 0.2) is 31.0 Å². The van der Waals surface area contributed by atoms with Crippen molar-refractivity contribution < 1.29 is 9.53 Å². The maximum Gasteiger partial charge on any atom is 0.257 e. The first-order valence-electron chi connectivity index (χ1n) is 10.4. The normalized spacial score (nSPS) is 22.3. The first kappa shape index (κ1) is 18.4. The predicted molar refractivity (Wildman–Crippen MR) is 106 cm³/mol. The van der Waals surface area contributed by atoms with Crippen molar-refractivity contribution in [2.24, 2.45) is 5.41 Å². The largest absolute Gasteiger partial charge is 0.381 e. The highest BCUT2D eigenvalue weighted by molar-refractivity contribution is 5.94. The highest BCUT2D eigenvalue weighted by atomic mass is 16.5. The van der Waals surface area contributed by atoms with Crippen LogP contribution in [0.3, 0.4) is 0 Å². The molecule has 0 unspecified atom stereocenters. The average Bonchev–Trinajstić information content (AvgIpc) is 3.15. The van der Waals surface area contributed by atoms with Gasteiger partial charge in [0.2, 0.25) is 5.95 Å². The quantitative estimate of drug-likeness (QED) is 0.851. The van der Waals surface area contributed by atoms with Crippen molar-refractivity contribution >= 4 is 11.9 Å². The van der Waals surface area contributed by atoms with Crippen LogP contribution in [0.25, 0.3) is 0 Å². The third-order valence-corrected chi connectivity index (χ3v) is 6.79. The molecular weight excluding hydrogens is 368 g/mol. The van der Waals surface area contributed by atoms with Crippen LogP contribution in [-0.4, -0.2) is 57.0 Å². The van der Waals surface area contributed by atoms with Crippen LogP contribution in [0.4, 0.5) is 5.95 Å². The van der Waals surface area contributed by atoms with Crippen molar-refractivity contribution in [3.8, 4) is 0 Å². The fraction of sp³-hybridized carbons (Fsp3) is 0.571. The Labute approximate surface area is 170 Å². The molecule has 1 amide bonds. The van der Waals surface area contributed by atoms with Gasteiger partial charge in [0, 0.05) is 51.1 Å². The van der Waals surface area contributed by atoms with E-state index in [2.05, 4.69) is 25.3 Å². The first-order chi connectivity index (χ1) is 14.2. The van der Waals surface area contributed by atoms with Gasteiger partial charge in [-0.05, 0) is 43.9 Å². The fourth-order valence-corrected chi connectivity index (χ4v) is 4.74. The number of aromatic nitrogens is 4. The van der Waals surface area contributed by atoms with E-state index in [0.29, 0.717) is 11.5 Å². The van der Waals surface area contributed by atoms with E-state index in [4.69, 9.17) is 4.74 Å². The number of nitrogens with one attached hydrogen (secondary N) is 1. The number of carbonyl (C=O) groups excluding carboxylic acids is 1. The fourth-order valence-electron chi connectivity index (χ4n) is 4.74. The summed E-state index contributed by atoms with van der Waals surface area (Å²) in [5.41, 5.74) is 1.43. The lowest BCUT2D eigenvalue weighted by Gasteiger charge is -2.41. The van der Waals surface area contributed by atoms with Crippen LogP contribution < -0.4 is 5.32 Å². The smallest absolute Gasteiger partial charge is 0.257 e. The van der Waals surface area contributed by atoms with E-state index in [1.807, 2.05) is 4.90 Å². The number of ether oxygens (including phenoxy) is 1. The molecular formula is C21H26N6O2. The predicted octanol–water partition coefficient (Wildman–Crippen LogP) is 2.40. The van der Waals surface area contributed by atoms with E-state index in [0.717, 1.165) is 70.5 Å². The SMILES string of the molecule is O=C(c1cnc(NC2(c3cnccn3)CCC2)nc1)N1CCC2(CCOCC2)C1. The minimum atomic E-state index is -0.260. The van der Waals surface area contributed by atoms with Gasteiger partial charge in [-0.2, -0.15) is 0 Å². The number of amides is 1. The Bertz CT molecular complexity index is 862. The molecule has 1 spiro atoms. The molecule has 1 N–H and O–H groups in total. The maximum absolute atomic E-state index is 12.9. The van der Waals surface area contributed by atoms with E-state index >= 15 is 0 Å². The van der Waals surface area contributed by atoms with Gasteiger partial charge >= 0.3 is 0 Å². The van der Waals surface area contributed by atoms with Crippen molar-refractivity contribution in [1.82, 2.24) is 24.8 Å². The summed E-state index contributed by atoms with van der Waals surface area (Å²) in [6.07, 6.45) is 14.7. The lowest BCUT2D eigenvalue weighted by molar-refractivity contribution is 0.0191. The summed E-state index contributed by atoms with van der Waals surface area (Å²) >= 11 is 0. The molecule has 152 valence electrons. The molecule has 29 heavy (non-hydrogen) atoms. The molecule has 0 radical (unpaired) electrons. The van der Waals surface area contributed by atoms with Gasteiger partial charge in [0.25, 0.3) is 5.91 Å². The topological polar surface area (TPSA) is 93.1 Å². The van der Waals surface area contributed by atoms with Crippen molar-refractivity contribution in [2.75, 3.05) is 31.6 Å². The standard InChI is InChI=1S/C21H26N6O2/c28-18(27-9-4-20(15-27)5-10-29-11-6-20)16-12-24-19(25-13-16)26-21(2-1-3-21)17-14-22-7-8-23-17/h7-8,12-14H,1-6,9-11,15H2,(H,24,25,26). The summed E-state index contributed by atoms with van der Waals surface area (Å²) in [6, 6.07) is 0. The van der Waals surface area contributed by atoms with Gasteiger partial charge in [-0.25, -0.2) is 9.97 Å². The second kappa shape index (κ2) is 7.33. The Hall–Kier alpha value is -2.61. The van der Waals surface area contributed by atoms with E-state index in [1.54, 1.807) is 31.0 Å². The van der Waals surface area contributed by atoms with E-state index < -0.39 is 0 Å². The summed E-state index contributed by atoms with van der Waals surface area (Å²) < 4.78 is 5.50. The molecule has 8 nitrogen and oxygen atoms in total. The average molecular weight is 394 g/mol. The van der Waals surface area contributed by atoms with Gasteiger partial charge in [-0.15, -0.1) is 0 Å². The second-order valence-electron chi connectivity index (χ2n) is 8.54. The molecule has 1 saturated carbocycles. The number of carbonyl (C=O) groups is 1. The zero-order chi connectivity index (χ0) is 19.7. The molecule has 5 rings (SSSR count). The number of nitrogens with zero attached hydrogens (tertiary/aromatic N) is 5. The first-order valence-corrected chi connectivity index (χ1v) is 10.4. The molecule has 0 bridgehead atoms. The summed E-state index contributed by atoms with van der Waals surface area (Å²) in [7, 11) is 0. The Balaban J connectivity index is 1.26. The molecule has 0 aromatic carbocycles. The lowest BCUT2D eigenvalue weighted by atomic mass is 9.74. The van der Waals surface area contributed by atoms with Gasteiger partial charge in [0.05, 0.1) is 23.0 Å². The van der Waals surface area contributed by atoms with Gasteiger partial charge in [0.15, 0.2) is 0 Å². The molecule has 3 aliphatic rings. The molecule has 1 aliphatic carbocycles. The summed E-state index contributed by atoms with van der Waals surface area (Å²) in [6.45, 7) is 3.22. The Morgan fingerprint density at radius 2 is 1.79 bits per heavy atom. The number of hydrogen-bond donors (Lipinski definition) is 1. The number of hydrogen-bond acceptors (Lipinski definition) is 7. The molecule has 8 heteroatoms. The molecule has 4 heterocycles. The number of anilines is 1. The van der Waals surface area contributed by atoms with E-state index in [1.165, 1.54) is 0 Å². The lowest BCUT2D eigenvalue weighted by Crippen LogP contribution is -2.43. The van der Waals surface area contributed by atoms with Crippen molar-refractivity contribution in [1.29, 1.82) is 0 Å². The summed E-state index contributed by atoms with van der Waals surface area (Å²) in [5, 5.41) is 3.43. The Morgan fingerprint density at radius 3 is 2.45 bits per heavy atom. The van der Waals surface area contributed by atoms with Gasteiger partial charge in [-0.1, -0.05) is 0 Å². The van der Waals surface area contributed by atoms with Crippen molar-refractivity contribution in [3.63, 3.8) is 0 Å². The second-order valence-corrected chi connectivity index (χ2v) is 8.54. The minimum Gasteiger partial charge on any atom is -0.381 e. The highest BCUT2D eigenvalue weighted by Gasteiger charge is 2.42. The van der Waals surface area contributed by atoms with Crippen LogP contribution in [0, 0.1) is 5.41 Å². The van der Waals surface area contributed by atoms with Crippen LogP contribution in [0.2, 0.25) is 0 Å². The van der Waals surface area contributed by atoms with E-state index in [-0.39, 0.29) is 16.9 Å². The van der Waals surface area contributed by atoms with Gasteiger partial charge in [-0.3, -0.25) is 14.8 Å². The van der Waals surface area contributed by atoms with E-state index in [9.17, 15) is 4.79 Å².